The van der Waals surface area contributed by atoms with Gasteiger partial charge in [-0.15, -0.1) is 0 Å². The number of aliphatic hydroxyl groups is 2. The second-order valence-electron chi connectivity index (χ2n) is 18.0. The summed E-state index contributed by atoms with van der Waals surface area (Å²) < 4.78 is 16.7. The Morgan fingerprint density at radius 3 is 2.21 bits per heavy atom. The van der Waals surface area contributed by atoms with Gasteiger partial charge in [-0.25, -0.2) is 4.79 Å². The molecule has 3 aromatic carbocycles. The molecule has 2 spiro atoms. The number of rotatable bonds is 11. The predicted octanol–water partition coefficient (Wildman–Crippen LogP) is 8.46. The Kier molecular flexibility index (Phi) is 9.88. The Bertz CT molecular complexity index is 2080. The molecule has 57 heavy (non-hydrogen) atoms. The van der Waals surface area contributed by atoms with E-state index < -0.39 is 27.9 Å². The van der Waals surface area contributed by atoms with Crippen LogP contribution in [-0.2, 0) is 6.54 Å². The largest absolute Gasteiger partial charge is 0.497 e. The Morgan fingerprint density at radius 2 is 1.51 bits per heavy atom. The lowest BCUT2D eigenvalue weighted by molar-refractivity contribution is -0.174. The average molecular weight is 775 g/mol. The first-order valence-electron chi connectivity index (χ1n) is 20.6. The van der Waals surface area contributed by atoms with Gasteiger partial charge in [0.25, 0.3) is 0 Å². The molecule has 9 unspecified atom stereocenters. The number of benzene rings is 3. The van der Waals surface area contributed by atoms with Crippen LogP contribution in [0.4, 0.5) is 4.79 Å². The number of allylic oxidation sites excluding steroid dienone is 4. The van der Waals surface area contributed by atoms with E-state index in [-0.39, 0.29) is 48.2 Å². The minimum atomic E-state index is -1.26. The molecule has 0 aromatic heterocycles. The number of fused-ring (bicyclic) bond motifs is 1. The maximum atomic E-state index is 15.0. The van der Waals surface area contributed by atoms with Crippen molar-refractivity contribution in [2.24, 2.45) is 33.5 Å². The molecule has 3 aromatic rings. The van der Waals surface area contributed by atoms with Crippen LogP contribution in [0, 0.1) is 33.5 Å². The maximum absolute atomic E-state index is 15.0. The summed E-state index contributed by atoms with van der Waals surface area (Å²) in [6, 6.07) is 22.3. The summed E-state index contributed by atoms with van der Waals surface area (Å²) in [5.41, 5.74) is 0.0744. The van der Waals surface area contributed by atoms with E-state index in [1.165, 1.54) is 0 Å². The number of carbonyl (C=O) groups excluding carboxylic acids is 2. The van der Waals surface area contributed by atoms with E-state index in [2.05, 4.69) is 37.4 Å². The molecule has 2 bridgehead atoms. The highest BCUT2D eigenvalue weighted by Gasteiger charge is 2.74. The van der Waals surface area contributed by atoms with Gasteiger partial charge in [0, 0.05) is 39.0 Å². The van der Waals surface area contributed by atoms with Crippen LogP contribution in [0.15, 0.2) is 96.6 Å². The molecule has 2 amide bonds. The minimum absolute atomic E-state index is 0.00399. The van der Waals surface area contributed by atoms with Gasteiger partial charge in [-0.1, -0.05) is 62.4 Å². The van der Waals surface area contributed by atoms with Crippen LogP contribution in [0.1, 0.15) is 93.2 Å². The van der Waals surface area contributed by atoms with Gasteiger partial charge >= 0.3 is 6.03 Å². The summed E-state index contributed by atoms with van der Waals surface area (Å²) in [6.07, 6.45) is 11.4. The lowest BCUT2D eigenvalue weighted by Gasteiger charge is -2.71. The standard InChI is InChI=1S/C48H58N2O7/c1-31(32-10-8-7-9-11-32)49-43(53)50(29-34-14-17-37(56-5)26-39(34)57-6)30-47(54)23-20-41-45(47,3)22-19-40-44(2)21-18-35(51)27-46(44)24-25-48(40,41)38(28-46)42(52)33-12-15-36(55-4)16-13-33/h7-17,24-26,28,31,35,40-41,51,54H,18-23,27,29-30H2,1-6H3,(H,49,53). The third-order valence-corrected chi connectivity index (χ3v) is 15.5. The zero-order valence-electron chi connectivity index (χ0n) is 34.2. The van der Waals surface area contributed by atoms with Crippen molar-refractivity contribution in [1.82, 2.24) is 10.2 Å². The van der Waals surface area contributed by atoms with Gasteiger partial charge in [0.15, 0.2) is 5.78 Å². The van der Waals surface area contributed by atoms with Crippen molar-refractivity contribution in [3.05, 3.63) is 113 Å². The second-order valence-corrected chi connectivity index (χ2v) is 18.0. The summed E-state index contributed by atoms with van der Waals surface area (Å²) in [5, 5.41) is 27.6. The Labute approximate surface area is 337 Å². The second kappa shape index (κ2) is 14.3. The molecule has 9 atom stereocenters. The SMILES string of the molecule is COc1ccc(C(=O)C2=CC34C=CC25C(CCC2(C)C5CCC2(O)CN(Cc2ccc(OC)cc2OC)C(=O)NC(C)c2ccccc2)C3(C)CCC(O)C4)cc1. The molecule has 6 aliphatic rings. The number of carbonyl (C=O) groups is 2. The number of nitrogens with zero attached hydrogens (tertiary/aromatic N) is 1. The van der Waals surface area contributed by atoms with Gasteiger partial charge in [0.05, 0.1) is 52.2 Å². The normalized spacial score (nSPS) is 33.9. The highest BCUT2D eigenvalue weighted by atomic mass is 16.5. The van der Waals surface area contributed by atoms with E-state index >= 15 is 0 Å². The number of Topliss-reactive ketones (excluding diaryl/α,β-unsaturated/α-hetero) is 1. The first kappa shape index (κ1) is 39.2. The molecule has 0 radical (unpaired) electrons. The third kappa shape index (κ3) is 6.02. The summed E-state index contributed by atoms with van der Waals surface area (Å²) in [7, 11) is 4.84. The molecule has 9 heteroatoms. The fourth-order valence-corrected chi connectivity index (χ4v) is 12.3. The number of amides is 2. The van der Waals surface area contributed by atoms with E-state index in [0.717, 1.165) is 42.4 Å². The zero-order valence-corrected chi connectivity index (χ0v) is 34.2. The molecule has 9 nitrogen and oxygen atoms in total. The summed E-state index contributed by atoms with van der Waals surface area (Å²) in [6.45, 7) is 6.88. The van der Waals surface area contributed by atoms with Crippen LogP contribution in [0.3, 0.4) is 0 Å². The van der Waals surface area contributed by atoms with Crippen LogP contribution in [-0.4, -0.2) is 66.5 Å². The number of ether oxygens (including phenoxy) is 3. The molecule has 3 N–H and O–H groups in total. The fraction of sp³-hybridized carbons (Fsp3) is 0.500. The molecule has 3 fully saturated rings. The lowest BCUT2D eigenvalue weighted by atomic mass is 9.32. The molecule has 3 saturated carbocycles. The third-order valence-electron chi connectivity index (χ3n) is 15.5. The smallest absolute Gasteiger partial charge is 0.318 e. The van der Waals surface area contributed by atoms with Crippen molar-refractivity contribution >= 4 is 11.8 Å². The molecule has 302 valence electrons. The van der Waals surface area contributed by atoms with Crippen LogP contribution in [0.5, 0.6) is 17.2 Å². The molecular formula is C48H58N2O7. The lowest BCUT2D eigenvalue weighted by Crippen LogP contribution is -2.67. The molecular weight excluding hydrogens is 717 g/mol. The number of aliphatic hydroxyl groups excluding tert-OH is 1. The van der Waals surface area contributed by atoms with Crippen molar-refractivity contribution in [3.8, 4) is 17.2 Å². The fourth-order valence-electron chi connectivity index (χ4n) is 12.3. The number of ketones is 1. The number of methoxy groups -OCH3 is 3. The summed E-state index contributed by atoms with van der Waals surface area (Å²) in [5.74, 6) is 2.02. The van der Waals surface area contributed by atoms with Gasteiger partial charge in [-0.05, 0) is 111 Å². The van der Waals surface area contributed by atoms with Crippen LogP contribution < -0.4 is 19.5 Å². The van der Waals surface area contributed by atoms with E-state index in [1.807, 2.05) is 79.7 Å². The maximum Gasteiger partial charge on any atom is 0.318 e. The van der Waals surface area contributed by atoms with Crippen molar-refractivity contribution in [2.75, 3.05) is 27.9 Å². The quantitative estimate of drug-likeness (QED) is 0.132. The predicted molar refractivity (Wildman–Crippen MR) is 219 cm³/mol. The average Bonchev–Trinajstić information content (AvgIpc) is 3.50. The van der Waals surface area contributed by atoms with Gasteiger partial charge < -0.3 is 34.6 Å². The van der Waals surface area contributed by atoms with Crippen molar-refractivity contribution in [1.29, 1.82) is 0 Å². The highest BCUT2D eigenvalue weighted by Crippen LogP contribution is 2.78. The topological polar surface area (TPSA) is 118 Å². The van der Waals surface area contributed by atoms with Gasteiger partial charge in [0.2, 0.25) is 0 Å². The monoisotopic (exact) mass is 774 g/mol. The van der Waals surface area contributed by atoms with Gasteiger partial charge in [-0.3, -0.25) is 4.79 Å². The van der Waals surface area contributed by atoms with E-state index in [9.17, 15) is 19.8 Å². The minimum Gasteiger partial charge on any atom is -0.497 e. The molecule has 0 saturated heterocycles. The highest BCUT2D eigenvalue weighted by molar-refractivity contribution is 6.10. The van der Waals surface area contributed by atoms with Crippen molar-refractivity contribution < 1.29 is 34.0 Å². The molecule has 0 aliphatic heterocycles. The van der Waals surface area contributed by atoms with E-state index in [0.29, 0.717) is 42.1 Å². The summed E-state index contributed by atoms with van der Waals surface area (Å²) >= 11 is 0. The van der Waals surface area contributed by atoms with Crippen LogP contribution in [0.2, 0.25) is 0 Å². The number of hydrogen-bond donors (Lipinski definition) is 3. The summed E-state index contributed by atoms with van der Waals surface area (Å²) in [4.78, 5) is 31.3. The van der Waals surface area contributed by atoms with Crippen molar-refractivity contribution in [2.45, 2.75) is 90.0 Å². The van der Waals surface area contributed by atoms with Crippen molar-refractivity contribution in [3.63, 3.8) is 0 Å². The van der Waals surface area contributed by atoms with Crippen LogP contribution >= 0.6 is 0 Å². The van der Waals surface area contributed by atoms with E-state index in [1.54, 1.807) is 26.2 Å². The number of hydrogen-bond acceptors (Lipinski definition) is 7. The molecule has 9 rings (SSSR count). The Hall–Kier alpha value is -4.60. The van der Waals surface area contributed by atoms with Gasteiger partial charge in [0.1, 0.15) is 17.2 Å². The number of nitrogens with one attached hydrogen (secondary N) is 1. The molecule has 0 heterocycles. The first-order chi connectivity index (χ1) is 27.3. The Balaban J connectivity index is 1.18. The molecule has 6 aliphatic carbocycles. The number of urea groups is 1. The van der Waals surface area contributed by atoms with E-state index in [4.69, 9.17) is 14.2 Å². The zero-order chi connectivity index (χ0) is 40.4. The van der Waals surface area contributed by atoms with Gasteiger partial charge in [-0.2, -0.15) is 0 Å². The van der Waals surface area contributed by atoms with Crippen LogP contribution in [0.25, 0.3) is 0 Å². The first-order valence-corrected chi connectivity index (χ1v) is 20.6. The Morgan fingerprint density at radius 1 is 0.842 bits per heavy atom.